The van der Waals surface area contributed by atoms with Gasteiger partial charge in [-0.15, -0.1) is 11.3 Å². The van der Waals surface area contributed by atoms with Gasteiger partial charge in [-0.1, -0.05) is 56.3 Å². The molecule has 4 nitrogen and oxygen atoms in total. The van der Waals surface area contributed by atoms with Crippen molar-refractivity contribution in [3.8, 4) is 16.3 Å². The molecule has 0 spiro atoms. The van der Waals surface area contributed by atoms with E-state index in [1.165, 1.54) is 0 Å². The molecule has 0 saturated heterocycles. The molecule has 0 atom stereocenters. The third-order valence-corrected chi connectivity index (χ3v) is 7.40. The third kappa shape index (κ3) is 5.81. The highest BCUT2D eigenvalue weighted by molar-refractivity contribution is 9.11. The van der Waals surface area contributed by atoms with Crippen LogP contribution in [0.2, 0.25) is 0 Å². The maximum absolute atomic E-state index is 13.8. The summed E-state index contributed by atoms with van der Waals surface area (Å²) >= 11 is 5.31. The van der Waals surface area contributed by atoms with Gasteiger partial charge in [0.2, 0.25) is 0 Å². The second-order valence-corrected chi connectivity index (χ2v) is 10.8. The fourth-order valence-corrected chi connectivity index (χ4v) is 5.29. The molecule has 33 heavy (non-hydrogen) atoms. The Labute approximate surface area is 208 Å². The van der Waals surface area contributed by atoms with Gasteiger partial charge in [-0.05, 0) is 59.0 Å². The molecule has 0 aliphatic carbocycles. The lowest BCUT2D eigenvalue weighted by Gasteiger charge is -2.24. The van der Waals surface area contributed by atoms with Gasteiger partial charge < -0.3 is 9.47 Å². The molecule has 0 fully saturated rings. The number of benzene rings is 2. The smallest absolute Gasteiger partial charge is 0.256 e. The fraction of sp³-hybridized carbons (Fsp3) is 0.259. The van der Waals surface area contributed by atoms with E-state index in [9.17, 15) is 4.79 Å². The predicted molar refractivity (Wildman–Crippen MR) is 140 cm³/mol. The van der Waals surface area contributed by atoms with E-state index in [2.05, 4.69) is 41.9 Å². The van der Waals surface area contributed by atoms with Crippen molar-refractivity contribution in [3.05, 3.63) is 94.2 Å². The van der Waals surface area contributed by atoms with E-state index in [1.807, 2.05) is 76.5 Å². The Balaban J connectivity index is 1.63. The number of carbonyl (C=O) groups is 1. The molecule has 4 rings (SSSR count). The van der Waals surface area contributed by atoms with Gasteiger partial charge in [0.25, 0.3) is 5.91 Å². The minimum atomic E-state index is 0.0317. The van der Waals surface area contributed by atoms with Crippen LogP contribution in [0.25, 0.3) is 16.3 Å². The van der Waals surface area contributed by atoms with E-state index >= 15 is 0 Å². The van der Waals surface area contributed by atoms with Gasteiger partial charge in [-0.2, -0.15) is 0 Å². The van der Waals surface area contributed by atoms with Crippen molar-refractivity contribution in [2.45, 2.75) is 33.2 Å². The topological polar surface area (TPSA) is 38.1 Å². The van der Waals surface area contributed by atoms with Crippen LogP contribution in [0.1, 0.15) is 42.7 Å². The molecule has 0 radical (unpaired) electrons. The first-order valence-corrected chi connectivity index (χ1v) is 12.9. The Morgan fingerprint density at radius 3 is 2.45 bits per heavy atom. The van der Waals surface area contributed by atoms with Crippen molar-refractivity contribution in [3.63, 3.8) is 0 Å². The standard InChI is InChI=1S/C27H28BrN3OS/c1-20(2)11-10-18-31(19-23-25(28)33-26(29-23)21-12-4-3-5-13-21)27(32)22-14-6-7-15-24(22)30-16-8-9-17-30/h3-9,12-17,20H,10-11,18-19H2,1-2H3. The van der Waals surface area contributed by atoms with E-state index in [-0.39, 0.29) is 5.91 Å². The number of carbonyl (C=O) groups excluding carboxylic acids is 1. The first-order valence-electron chi connectivity index (χ1n) is 11.2. The van der Waals surface area contributed by atoms with Gasteiger partial charge in [-0.3, -0.25) is 4.79 Å². The van der Waals surface area contributed by atoms with Gasteiger partial charge in [0, 0.05) is 24.5 Å². The number of nitrogens with zero attached hydrogens (tertiary/aromatic N) is 3. The number of halogens is 1. The summed E-state index contributed by atoms with van der Waals surface area (Å²) in [6, 6.07) is 21.9. The first-order chi connectivity index (χ1) is 16.0. The number of aromatic nitrogens is 2. The predicted octanol–water partition coefficient (Wildman–Crippen LogP) is 7.44. The van der Waals surface area contributed by atoms with Crippen LogP contribution in [-0.4, -0.2) is 26.9 Å². The second-order valence-electron chi connectivity index (χ2n) is 8.48. The second kappa shape index (κ2) is 10.9. The molecule has 6 heteroatoms. The lowest BCUT2D eigenvalue weighted by atomic mass is 10.1. The van der Waals surface area contributed by atoms with Crippen molar-refractivity contribution in [1.29, 1.82) is 0 Å². The van der Waals surface area contributed by atoms with Crippen molar-refractivity contribution < 1.29 is 4.79 Å². The average Bonchev–Trinajstić information content (AvgIpc) is 3.49. The summed E-state index contributed by atoms with van der Waals surface area (Å²) in [5.41, 5.74) is 3.58. The summed E-state index contributed by atoms with van der Waals surface area (Å²) in [6.45, 7) is 5.61. The summed E-state index contributed by atoms with van der Waals surface area (Å²) in [4.78, 5) is 20.6. The highest BCUT2D eigenvalue weighted by atomic mass is 79.9. The molecule has 0 aliphatic heterocycles. The Hall–Kier alpha value is -2.70. The van der Waals surface area contributed by atoms with E-state index < -0.39 is 0 Å². The van der Waals surface area contributed by atoms with Crippen LogP contribution in [0.15, 0.2) is 82.9 Å². The molecule has 0 bridgehead atoms. The highest BCUT2D eigenvalue weighted by Crippen LogP contribution is 2.33. The summed E-state index contributed by atoms with van der Waals surface area (Å²) < 4.78 is 2.97. The Morgan fingerprint density at radius 1 is 1.03 bits per heavy atom. The van der Waals surface area contributed by atoms with Crippen molar-refractivity contribution >= 4 is 33.2 Å². The summed E-state index contributed by atoms with van der Waals surface area (Å²) in [5, 5.41) is 0.958. The summed E-state index contributed by atoms with van der Waals surface area (Å²) in [5.74, 6) is 0.633. The molecule has 2 aromatic heterocycles. The zero-order valence-electron chi connectivity index (χ0n) is 18.9. The molecular weight excluding hydrogens is 494 g/mol. The molecule has 0 N–H and O–H groups in total. The van der Waals surface area contributed by atoms with Gasteiger partial charge in [0.15, 0.2) is 0 Å². The van der Waals surface area contributed by atoms with Crippen molar-refractivity contribution in [2.24, 2.45) is 5.92 Å². The molecular formula is C27H28BrN3OS. The normalized spacial score (nSPS) is 11.2. The van der Waals surface area contributed by atoms with Crippen molar-refractivity contribution in [2.75, 3.05) is 6.54 Å². The zero-order valence-corrected chi connectivity index (χ0v) is 21.3. The summed E-state index contributed by atoms with van der Waals surface area (Å²) in [6.07, 6.45) is 5.98. The number of para-hydroxylation sites is 1. The number of rotatable bonds is 9. The van der Waals surface area contributed by atoms with Crippen LogP contribution >= 0.6 is 27.3 Å². The lowest BCUT2D eigenvalue weighted by Crippen LogP contribution is -2.32. The van der Waals surface area contributed by atoms with Gasteiger partial charge in [-0.25, -0.2) is 4.98 Å². The van der Waals surface area contributed by atoms with Gasteiger partial charge in [0.05, 0.1) is 27.3 Å². The maximum atomic E-state index is 13.8. The van der Waals surface area contributed by atoms with E-state index in [1.54, 1.807) is 11.3 Å². The summed E-state index contributed by atoms with van der Waals surface area (Å²) in [7, 11) is 0. The van der Waals surface area contributed by atoms with Crippen LogP contribution in [0.4, 0.5) is 0 Å². The molecule has 2 heterocycles. The molecule has 0 aliphatic rings. The van der Waals surface area contributed by atoms with Gasteiger partial charge in [0.1, 0.15) is 5.01 Å². The number of hydrogen-bond donors (Lipinski definition) is 0. The molecule has 2 aromatic carbocycles. The van der Waals surface area contributed by atoms with E-state index in [0.29, 0.717) is 24.6 Å². The molecule has 0 unspecified atom stereocenters. The largest absolute Gasteiger partial charge is 0.333 e. The fourth-order valence-electron chi connectivity index (χ4n) is 3.80. The van der Waals surface area contributed by atoms with Crippen LogP contribution in [0.5, 0.6) is 0 Å². The lowest BCUT2D eigenvalue weighted by molar-refractivity contribution is 0.0736. The van der Waals surface area contributed by atoms with E-state index in [0.717, 1.165) is 38.6 Å². The number of hydrogen-bond acceptors (Lipinski definition) is 3. The Kier molecular flexibility index (Phi) is 7.78. The quantitative estimate of drug-likeness (QED) is 0.229. The van der Waals surface area contributed by atoms with Crippen LogP contribution in [-0.2, 0) is 6.54 Å². The maximum Gasteiger partial charge on any atom is 0.256 e. The minimum Gasteiger partial charge on any atom is -0.333 e. The van der Waals surface area contributed by atoms with E-state index in [4.69, 9.17) is 4.98 Å². The monoisotopic (exact) mass is 521 g/mol. The minimum absolute atomic E-state index is 0.0317. The van der Waals surface area contributed by atoms with Crippen LogP contribution < -0.4 is 0 Å². The third-order valence-electron chi connectivity index (χ3n) is 5.52. The molecule has 0 saturated carbocycles. The highest BCUT2D eigenvalue weighted by Gasteiger charge is 2.22. The first kappa shape index (κ1) is 23.5. The average molecular weight is 523 g/mol. The molecule has 1 amide bonds. The van der Waals surface area contributed by atoms with Crippen LogP contribution in [0.3, 0.4) is 0 Å². The van der Waals surface area contributed by atoms with Crippen molar-refractivity contribution in [1.82, 2.24) is 14.5 Å². The Bertz CT molecular complexity index is 1190. The SMILES string of the molecule is CC(C)CCCN(Cc1nc(-c2ccccc2)sc1Br)C(=O)c1ccccc1-n1cccc1. The molecule has 170 valence electrons. The van der Waals surface area contributed by atoms with Gasteiger partial charge >= 0.3 is 0 Å². The number of amides is 1. The van der Waals surface area contributed by atoms with Crippen LogP contribution in [0, 0.1) is 5.92 Å². The Morgan fingerprint density at radius 2 is 1.73 bits per heavy atom. The zero-order chi connectivity index (χ0) is 23.2. The number of thiazole rings is 1. The molecule has 4 aromatic rings.